The number of aromatic nitrogens is 1. The van der Waals surface area contributed by atoms with Crippen molar-refractivity contribution in [3.8, 4) is 5.75 Å². The number of nitrogens with one attached hydrogen (secondary N) is 1. The molecule has 0 unspecified atom stereocenters. The number of carbonyl (C=O) groups is 2. The number of carbonyl (C=O) groups excluding carboxylic acids is 2. The first kappa shape index (κ1) is 17.8. The summed E-state index contributed by atoms with van der Waals surface area (Å²) >= 11 is 3.18. The van der Waals surface area contributed by atoms with Gasteiger partial charge in [0, 0.05) is 5.69 Å². The van der Waals surface area contributed by atoms with Crippen LogP contribution in [0.4, 0.5) is 11.4 Å². The number of rotatable bonds is 4. The molecule has 6 nitrogen and oxygen atoms in total. The second-order valence-electron chi connectivity index (χ2n) is 6.07. The standard InChI is InChI=1S/C19H17N3O3S2/c1-11-18(24)22(14-5-3-4-6-15(14)25-11)10-17(23)20-12-7-8-13-16(9-12)27-19(21-13)26-2/h3-9,11H,10H2,1-2H3,(H,20,23)/t11-/m1/s1. The highest BCUT2D eigenvalue weighted by atomic mass is 32.2. The molecule has 1 aliphatic heterocycles. The van der Waals surface area contributed by atoms with Gasteiger partial charge in [-0.2, -0.15) is 0 Å². The molecule has 8 heteroatoms. The van der Waals surface area contributed by atoms with Gasteiger partial charge in [0.2, 0.25) is 5.91 Å². The highest BCUT2D eigenvalue weighted by Crippen LogP contribution is 2.34. The van der Waals surface area contributed by atoms with Gasteiger partial charge in [-0.1, -0.05) is 23.9 Å². The molecule has 0 aliphatic carbocycles. The van der Waals surface area contributed by atoms with Crippen LogP contribution in [0.5, 0.6) is 5.75 Å². The molecule has 4 rings (SSSR count). The molecule has 1 aliphatic rings. The normalized spacial score (nSPS) is 16.1. The number of benzene rings is 2. The first-order chi connectivity index (χ1) is 13.0. The van der Waals surface area contributed by atoms with Gasteiger partial charge in [0.15, 0.2) is 10.4 Å². The summed E-state index contributed by atoms with van der Waals surface area (Å²) in [6.07, 6.45) is 1.37. The molecule has 2 heterocycles. The molecule has 0 saturated heterocycles. The van der Waals surface area contributed by atoms with Crippen molar-refractivity contribution in [2.45, 2.75) is 17.4 Å². The van der Waals surface area contributed by atoms with Crippen molar-refractivity contribution in [3.05, 3.63) is 42.5 Å². The van der Waals surface area contributed by atoms with Crippen molar-refractivity contribution >= 4 is 56.5 Å². The van der Waals surface area contributed by atoms with Crippen LogP contribution in [0.25, 0.3) is 10.2 Å². The second kappa shape index (κ2) is 7.21. The molecule has 1 aromatic heterocycles. The molecule has 0 fully saturated rings. The molecule has 1 N–H and O–H groups in total. The Morgan fingerprint density at radius 2 is 2.15 bits per heavy atom. The minimum atomic E-state index is -0.619. The minimum absolute atomic E-state index is 0.0691. The number of ether oxygens (including phenoxy) is 1. The summed E-state index contributed by atoms with van der Waals surface area (Å²) in [5.74, 6) is 0.112. The van der Waals surface area contributed by atoms with E-state index in [1.54, 1.807) is 42.2 Å². The lowest BCUT2D eigenvalue weighted by Crippen LogP contribution is -2.47. The smallest absolute Gasteiger partial charge is 0.268 e. The van der Waals surface area contributed by atoms with Crippen LogP contribution in [0.3, 0.4) is 0 Å². The molecule has 3 aromatic rings. The van der Waals surface area contributed by atoms with Crippen molar-refractivity contribution in [2.24, 2.45) is 0 Å². The summed E-state index contributed by atoms with van der Waals surface area (Å²) in [7, 11) is 0. The van der Waals surface area contributed by atoms with E-state index in [0.717, 1.165) is 14.6 Å². The Morgan fingerprint density at radius 1 is 1.33 bits per heavy atom. The third kappa shape index (κ3) is 3.50. The number of anilines is 2. The Balaban J connectivity index is 1.53. The largest absolute Gasteiger partial charge is 0.479 e. The third-order valence-electron chi connectivity index (χ3n) is 4.20. The van der Waals surface area contributed by atoms with E-state index in [-0.39, 0.29) is 18.4 Å². The average molecular weight is 399 g/mol. The zero-order chi connectivity index (χ0) is 19.0. The average Bonchev–Trinajstić information content (AvgIpc) is 3.08. The van der Waals surface area contributed by atoms with Crippen LogP contribution in [-0.2, 0) is 9.59 Å². The quantitative estimate of drug-likeness (QED) is 0.676. The fraction of sp³-hybridized carbons (Fsp3) is 0.211. The summed E-state index contributed by atoms with van der Waals surface area (Å²) in [5, 5.41) is 2.87. The fourth-order valence-electron chi connectivity index (χ4n) is 2.93. The first-order valence-corrected chi connectivity index (χ1v) is 10.4. The Hall–Kier alpha value is -2.58. The van der Waals surface area contributed by atoms with Crippen LogP contribution >= 0.6 is 23.1 Å². The van der Waals surface area contributed by atoms with Crippen molar-refractivity contribution in [2.75, 3.05) is 23.0 Å². The number of nitrogens with zero attached hydrogens (tertiary/aromatic N) is 2. The van der Waals surface area contributed by atoms with E-state index in [1.165, 1.54) is 4.90 Å². The molecular weight excluding hydrogens is 382 g/mol. The Bertz CT molecular complexity index is 1030. The predicted octanol–water partition coefficient (Wildman–Crippen LogP) is 3.77. The van der Waals surface area contributed by atoms with Crippen LogP contribution in [0, 0.1) is 0 Å². The fourth-order valence-corrected chi connectivity index (χ4v) is 4.46. The second-order valence-corrected chi connectivity index (χ2v) is 8.15. The van der Waals surface area contributed by atoms with E-state index in [1.807, 2.05) is 36.6 Å². The Morgan fingerprint density at radius 3 is 2.96 bits per heavy atom. The summed E-state index contributed by atoms with van der Waals surface area (Å²) in [6, 6.07) is 12.8. The number of amides is 2. The molecule has 0 bridgehead atoms. The number of hydrogen-bond acceptors (Lipinski definition) is 6. The number of fused-ring (bicyclic) bond motifs is 2. The van der Waals surface area contributed by atoms with E-state index in [0.29, 0.717) is 17.1 Å². The SMILES string of the molecule is CSc1nc2ccc(NC(=O)CN3C(=O)[C@@H](C)Oc4ccccc43)cc2s1. The van der Waals surface area contributed by atoms with Gasteiger partial charge < -0.3 is 10.1 Å². The zero-order valence-corrected chi connectivity index (χ0v) is 16.4. The lowest BCUT2D eigenvalue weighted by atomic mass is 10.2. The number of para-hydroxylation sites is 2. The monoisotopic (exact) mass is 399 g/mol. The van der Waals surface area contributed by atoms with Crippen LogP contribution < -0.4 is 15.0 Å². The molecule has 2 aromatic carbocycles. The van der Waals surface area contributed by atoms with Gasteiger partial charge in [0.1, 0.15) is 12.3 Å². The molecule has 0 radical (unpaired) electrons. The van der Waals surface area contributed by atoms with Crippen LogP contribution in [0.2, 0.25) is 0 Å². The maximum absolute atomic E-state index is 12.6. The topological polar surface area (TPSA) is 71.5 Å². The van der Waals surface area contributed by atoms with Crippen LogP contribution in [0.15, 0.2) is 46.8 Å². The van der Waals surface area contributed by atoms with Crippen molar-refractivity contribution < 1.29 is 14.3 Å². The summed E-state index contributed by atoms with van der Waals surface area (Å²) in [5.41, 5.74) is 2.21. The van der Waals surface area contributed by atoms with Crippen LogP contribution in [0.1, 0.15) is 6.92 Å². The zero-order valence-electron chi connectivity index (χ0n) is 14.8. The number of hydrogen-bond donors (Lipinski definition) is 1. The summed E-state index contributed by atoms with van der Waals surface area (Å²) in [4.78, 5) is 31.0. The van der Waals surface area contributed by atoms with Gasteiger partial charge in [-0.25, -0.2) is 4.98 Å². The first-order valence-electron chi connectivity index (χ1n) is 8.36. The van der Waals surface area contributed by atoms with E-state index < -0.39 is 6.10 Å². The molecule has 27 heavy (non-hydrogen) atoms. The lowest BCUT2D eigenvalue weighted by molar-refractivity contribution is -0.127. The molecule has 138 valence electrons. The van der Waals surface area contributed by atoms with E-state index in [2.05, 4.69) is 10.3 Å². The molecule has 1 atom stereocenters. The summed E-state index contributed by atoms with van der Waals surface area (Å²) in [6.45, 7) is 1.62. The highest BCUT2D eigenvalue weighted by Gasteiger charge is 2.32. The van der Waals surface area contributed by atoms with Crippen molar-refractivity contribution in [1.29, 1.82) is 0 Å². The van der Waals surface area contributed by atoms with Gasteiger partial charge in [-0.05, 0) is 43.5 Å². The van der Waals surface area contributed by atoms with E-state index in [4.69, 9.17) is 4.74 Å². The number of thioether (sulfide) groups is 1. The third-order valence-corrected chi connectivity index (χ3v) is 6.21. The lowest BCUT2D eigenvalue weighted by Gasteiger charge is -2.32. The maximum Gasteiger partial charge on any atom is 0.268 e. The Kier molecular flexibility index (Phi) is 4.75. The van der Waals surface area contributed by atoms with E-state index >= 15 is 0 Å². The van der Waals surface area contributed by atoms with Crippen molar-refractivity contribution in [3.63, 3.8) is 0 Å². The van der Waals surface area contributed by atoms with Gasteiger partial charge in [0.25, 0.3) is 5.91 Å². The van der Waals surface area contributed by atoms with Gasteiger partial charge in [-0.15, -0.1) is 11.3 Å². The highest BCUT2D eigenvalue weighted by molar-refractivity contribution is 8.00. The minimum Gasteiger partial charge on any atom is -0.479 e. The van der Waals surface area contributed by atoms with E-state index in [9.17, 15) is 9.59 Å². The molecule has 2 amide bonds. The van der Waals surface area contributed by atoms with Crippen LogP contribution in [-0.4, -0.2) is 35.7 Å². The predicted molar refractivity (Wildman–Crippen MR) is 109 cm³/mol. The maximum atomic E-state index is 12.6. The molecular formula is C19H17N3O3S2. The molecule has 0 spiro atoms. The van der Waals surface area contributed by atoms with Gasteiger partial charge in [0.05, 0.1) is 15.9 Å². The molecule has 0 saturated carbocycles. The van der Waals surface area contributed by atoms with Gasteiger partial charge in [-0.3, -0.25) is 14.5 Å². The summed E-state index contributed by atoms with van der Waals surface area (Å²) < 4.78 is 7.60. The van der Waals surface area contributed by atoms with Gasteiger partial charge >= 0.3 is 0 Å². The number of thiazole rings is 1. The van der Waals surface area contributed by atoms with Crippen molar-refractivity contribution in [1.82, 2.24) is 4.98 Å². The Labute approximate surface area is 164 Å².